The maximum absolute atomic E-state index is 12.8. The van der Waals surface area contributed by atoms with Gasteiger partial charge in [0.05, 0.1) is 5.54 Å². The van der Waals surface area contributed by atoms with Crippen molar-refractivity contribution in [1.82, 2.24) is 10.2 Å². The molecule has 20 heavy (non-hydrogen) atoms. The van der Waals surface area contributed by atoms with E-state index in [0.29, 0.717) is 5.91 Å². The highest BCUT2D eigenvalue weighted by molar-refractivity contribution is 5.89. The molecule has 1 aromatic carbocycles. The van der Waals surface area contributed by atoms with Crippen LogP contribution in [0.2, 0.25) is 0 Å². The number of nitrogens with one attached hydrogen (secondary N) is 1. The third kappa shape index (κ3) is 2.14. The van der Waals surface area contributed by atoms with Crippen molar-refractivity contribution in [3.63, 3.8) is 0 Å². The lowest BCUT2D eigenvalue weighted by Crippen LogP contribution is -2.44. The second-order valence-electron chi connectivity index (χ2n) is 6.25. The molecule has 1 N–H and O–H groups in total. The number of nitrogens with zero attached hydrogens (tertiary/aromatic N) is 1. The van der Waals surface area contributed by atoms with Crippen LogP contribution in [0.15, 0.2) is 24.3 Å². The smallest absolute Gasteiger partial charge is 0.244 e. The van der Waals surface area contributed by atoms with Gasteiger partial charge in [0.15, 0.2) is 0 Å². The van der Waals surface area contributed by atoms with Crippen molar-refractivity contribution in [2.24, 2.45) is 0 Å². The molecule has 0 bridgehead atoms. The zero-order chi connectivity index (χ0) is 14.2. The second-order valence-corrected chi connectivity index (χ2v) is 6.25. The van der Waals surface area contributed by atoms with Crippen LogP contribution in [0.5, 0.6) is 0 Å². The predicted octanol–water partition coefficient (Wildman–Crippen LogP) is 3.15. The van der Waals surface area contributed by atoms with E-state index in [2.05, 4.69) is 48.3 Å². The number of benzene rings is 1. The van der Waals surface area contributed by atoms with E-state index in [1.54, 1.807) is 0 Å². The fraction of sp³-hybridized carbons (Fsp3) is 0.588. The zero-order valence-electron chi connectivity index (χ0n) is 12.5. The molecule has 0 aromatic heterocycles. The van der Waals surface area contributed by atoms with Crippen molar-refractivity contribution in [2.45, 2.75) is 57.7 Å². The van der Waals surface area contributed by atoms with Crippen LogP contribution < -0.4 is 5.32 Å². The summed E-state index contributed by atoms with van der Waals surface area (Å²) in [5, 5.41) is 3.66. The topological polar surface area (TPSA) is 32.3 Å². The van der Waals surface area contributed by atoms with E-state index >= 15 is 0 Å². The van der Waals surface area contributed by atoms with Crippen molar-refractivity contribution >= 4 is 5.91 Å². The molecule has 1 aliphatic carbocycles. The van der Waals surface area contributed by atoms with E-state index in [9.17, 15) is 4.79 Å². The van der Waals surface area contributed by atoms with Gasteiger partial charge in [0, 0.05) is 6.54 Å². The predicted molar refractivity (Wildman–Crippen MR) is 80.3 cm³/mol. The van der Waals surface area contributed by atoms with Crippen LogP contribution in [0.3, 0.4) is 0 Å². The molecule has 108 valence electrons. The van der Waals surface area contributed by atoms with Crippen molar-refractivity contribution in [3.8, 4) is 0 Å². The lowest BCUT2D eigenvalue weighted by molar-refractivity contribution is -0.133. The number of hydrogen-bond donors (Lipinski definition) is 1. The monoisotopic (exact) mass is 272 g/mol. The number of carbonyl (C=O) groups is 1. The Hall–Kier alpha value is -1.35. The van der Waals surface area contributed by atoms with Gasteiger partial charge in [-0.05, 0) is 31.7 Å². The van der Waals surface area contributed by atoms with E-state index in [1.165, 1.54) is 24.0 Å². The maximum atomic E-state index is 12.8. The fourth-order valence-electron chi connectivity index (χ4n) is 3.61. The van der Waals surface area contributed by atoms with Gasteiger partial charge in [-0.2, -0.15) is 0 Å². The Balaban J connectivity index is 1.92. The van der Waals surface area contributed by atoms with Crippen LogP contribution in [0.1, 0.15) is 56.3 Å². The van der Waals surface area contributed by atoms with Gasteiger partial charge in [-0.3, -0.25) is 10.1 Å². The summed E-state index contributed by atoms with van der Waals surface area (Å²) in [5.74, 6) is 0.322. The van der Waals surface area contributed by atoms with E-state index in [4.69, 9.17) is 0 Å². The highest BCUT2D eigenvalue weighted by Gasteiger charge is 2.52. The van der Waals surface area contributed by atoms with Gasteiger partial charge in [0.2, 0.25) is 5.91 Å². The molecule has 0 radical (unpaired) electrons. The quantitative estimate of drug-likeness (QED) is 0.916. The Morgan fingerprint density at radius 3 is 2.50 bits per heavy atom. The molecule has 3 rings (SSSR count). The molecular weight excluding hydrogens is 248 g/mol. The lowest BCUT2D eigenvalue weighted by atomic mass is 9.98. The summed E-state index contributed by atoms with van der Waals surface area (Å²) in [6, 6.07) is 8.56. The number of rotatable bonds is 3. The molecule has 1 heterocycles. The molecule has 1 saturated heterocycles. The molecule has 3 heteroatoms. The van der Waals surface area contributed by atoms with Crippen LogP contribution in [0, 0.1) is 6.92 Å². The summed E-state index contributed by atoms with van der Waals surface area (Å²) in [4.78, 5) is 14.9. The molecule has 1 saturated carbocycles. The van der Waals surface area contributed by atoms with Crippen molar-refractivity contribution in [3.05, 3.63) is 35.4 Å². The minimum Gasteiger partial charge on any atom is -0.321 e. The first kappa shape index (κ1) is 13.6. The molecule has 1 aliphatic heterocycles. The van der Waals surface area contributed by atoms with Crippen molar-refractivity contribution < 1.29 is 4.79 Å². The van der Waals surface area contributed by atoms with Gasteiger partial charge in [-0.15, -0.1) is 0 Å². The summed E-state index contributed by atoms with van der Waals surface area (Å²) in [5.41, 5.74) is 2.20. The summed E-state index contributed by atoms with van der Waals surface area (Å²) >= 11 is 0. The minimum atomic E-state index is -0.273. The number of carbonyl (C=O) groups excluding carboxylic acids is 1. The van der Waals surface area contributed by atoms with Gasteiger partial charge in [-0.25, -0.2) is 0 Å². The Morgan fingerprint density at radius 2 is 1.90 bits per heavy atom. The van der Waals surface area contributed by atoms with Gasteiger partial charge in [-0.1, -0.05) is 49.6 Å². The van der Waals surface area contributed by atoms with E-state index in [0.717, 1.165) is 25.8 Å². The molecule has 1 spiro atoms. The molecule has 1 atom stereocenters. The van der Waals surface area contributed by atoms with Crippen LogP contribution in [-0.2, 0) is 4.79 Å². The Kier molecular flexibility index (Phi) is 3.55. The SMILES string of the molecule is CCCN1C(=O)C2(CCCC2)NC1c1ccc(C)cc1. The number of amides is 1. The van der Waals surface area contributed by atoms with Gasteiger partial charge in [0.25, 0.3) is 0 Å². The fourth-order valence-corrected chi connectivity index (χ4v) is 3.61. The second kappa shape index (κ2) is 5.21. The first-order chi connectivity index (χ1) is 9.66. The van der Waals surface area contributed by atoms with Gasteiger partial charge < -0.3 is 4.90 Å². The van der Waals surface area contributed by atoms with Gasteiger partial charge in [0.1, 0.15) is 6.17 Å². The molecule has 2 aliphatic rings. The van der Waals surface area contributed by atoms with Crippen LogP contribution >= 0.6 is 0 Å². The van der Waals surface area contributed by atoms with E-state index in [-0.39, 0.29) is 11.7 Å². The Morgan fingerprint density at radius 1 is 1.25 bits per heavy atom. The maximum Gasteiger partial charge on any atom is 0.244 e. The highest BCUT2D eigenvalue weighted by atomic mass is 16.2. The Labute approximate surface area is 121 Å². The van der Waals surface area contributed by atoms with Crippen molar-refractivity contribution in [2.75, 3.05) is 6.54 Å². The van der Waals surface area contributed by atoms with Crippen molar-refractivity contribution in [1.29, 1.82) is 0 Å². The van der Waals surface area contributed by atoms with E-state index in [1.807, 2.05) is 0 Å². The third-order valence-corrected chi connectivity index (χ3v) is 4.71. The minimum absolute atomic E-state index is 0.0566. The average Bonchev–Trinajstić information content (AvgIpc) is 3.02. The largest absolute Gasteiger partial charge is 0.321 e. The van der Waals surface area contributed by atoms with Gasteiger partial charge >= 0.3 is 0 Å². The van der Waals surface area contributed by atoms with E-state index < -0.39 is 0 Å². The summed E-state index contributed by atoms with van der Waals surface area (Å²) in [6.45, 7) is 5.07. The molecule has 1 aromatic rings. The first-order valence-electron chi connectivity index (χ1n) is 7.82. The third-order valence-electron chi connectivity index (χ3n) is 4.71. The Bertz CT molecular complexity index is 488. The molecular formula is C17H24N2O. The highest BCUT2D eigenvalue weighted by Crippen LogP contribution is 2.40. The summed E-state index contributed by atoms with van der Waals surface area (Å²) in [7, 11) is 0. The summed E-state index contributed by atoms with van der Waals surface area (Å²) < 4.78 is 0. The van der Waals surface area contributed by atoms with Crippen LogP contribution in [0.25, 0.3) is 0 Å². The van der Waals surface area contributed by atoms with Crippen LogP contribution in [0.4, 0.5) is 0 Å². The zero-order valence-corrected chi connectivity index (χ0v) is 12.5. The average molecular weight is 272 g/mol. The standard InChI is InChI=1S/C17H24N2O/c1-3-12-19-15(14-8-6-13(2)7-9-14)18-17(16(19)20)10-4-5-11-17/h6-9,15,18H,3-5,10-12H2,1-2H3. The van der Waals surface area contributed by atoms with Crippen LogP contribution in [-0.4, -0.2) is 22.9 Å². The first-order valence-corrected chi connectivity index (χ1v) is 7.82. The molecule has 1 amide bonds. The number of hydrogen-bond acceptors (Lipinski definition) is 2. The molecule has 2 fully saturated rings. The number of aryl methyl sites for hydroxylation is 1. The summed E-state index contributed by atoms with van der Waals surface area (Å²) in [6.07, 6.45) is 5.38. The lowest BCUT2D eigenvalue weighted by Gasteiger charge is -2.24. The normalized spacial score (nSPS) is 24.8. The molecule has 1 unspecified atom stereocenters. The molecule has 3 nitrogen and oxygen atoms in total.